The highest BCUT2D eigenvalue weighted by atomic mass is 16.3. The highest BCUT2D eigenvalue weighted by Gasteiger charge is 2.22. The van der Waals surface area contributed by atoms with E-state index in [1.165, 1.54) is 12.8 Å². The normalized spacial score (nSPS) is 17.9. The van der Waals surface area contributed by atoms with Gasteiger partial charge in [-0.3, -0.25) is 9.58 Å². The monoisotopic (exact) mass is 379 g/mol. The zero-order chi connectivity index (χ0) is 19.3. The maximum Gasteiger partial charge on any atom is 0.0964 e. The highest BCUT2D eigenvalue weighted by Crippen LogP contribution is 2.31. The molecule has 2 aromatic heterocycles. The van der Waals surface area contributed by atoms with Gasteiger partial charge in [0.15, 0.2) is 0 Å². The number of likely N-dealkylation sites (tertiary alicyclic amines) is 1. The molecule has 0 radical (unpaired) electrons. The second-order valence-electron chi connectivity index (χ2n) is 7.45. The van der Waals surface area contributed by atoms with Gasteiger partial charge in [-0.05, 0) is 26.3 Å². The standard InChI is InChI=1S/C22H29N5O/c1-2-27-15-19(14-24-27)22-21(18-8-4-3-5-9-18)23-17-26(22)13-12-25-11-7-6-10-20(25)16-28/h3-5,8-9,14-15,17,20,28H,2,6-7,10-13,16H2,1H3/t20-/m0/s1. The molecule has 28 heavy (non-hydrogen) atoms. The Labute approximate surface area is 166 Å². The largest absolute Gasteiger partial charge is 0.395 e. The summed E-state index contributed by atoms with van der Waals surface area (Å²) < 4.78 is 4.19. The number of benzene rings is 1. The quantitative estimate of drug-likeness (QED) is 0.684. The molecule has 0 amide bonds. The summed E-state index contributed by atoms with van der Waals surface area (Å²) in [5, 5.41) is 14.2. The van der Waals surface area contributed by atoms with Gasteiger partial charge in [0, 0.05) is 43.0 Å². The number of piperidine rings is 1. The predicted molar refractivity (Wildman–Crippen MR) is 111 cm³/mol. The van der Waals surface area contributed by atoms with Crippen LogP contribution in [0.15, 0.2) is 49.1 Å². The summed E-state index contributed by atoms with van der Waals surface area (Å²) in [6.45, 7) is 6.02. The number of hydrogen-bond acceptors (Lipinski definition) is 4. The van der Waals surface area contributed by atoms with E-state index >= 15 is 0 Å². The lowest BCUT2D eigenvalue weighted by Crippen LogP contribution is -2.43. The summed E-state index contributed by atoms with van der Waals surface area (Å²) in [5.41, 5.74) is 4.32. The van der Waals surface area contributed by atoms with E-state index in [4.69, 9.17) is 4.98 Å². The van der Waals surface area contributed by atoms with Crippen LogP contribution in [0, 0.1) is 0 Å². The minimum absolute atomic E-state index is 0.245. The lowest BCUT2D eigenvalue weighted by atomic mass is 10.0. The van der Waals surface area contributed by atoms with Crippen molar-refractivity contribution in [2.45, 2.75) is 45.3 Å². The maximum absolute atomic E-state index is 9.70. The molecule has 0 saturated carbocycles. The van der Waals surface area contributed by atoms with Crippen molar-refractivity contribution in [1.82, 2.24) is 24.2 Å². The molecule has 3 heterocycles. The van der Waals surface area contributed by atoms with Gasteiger partial charge in [0.1, 0.15) is 0 Å². The number of aliphatic hydroxyl groups is 1. The van der Waals surface area contributed by atoms with Crippen molar-refractivity contribution in [3.63, 3.8) is 0 Å². The van der Waals surface area contributed by atoms with Crippen LogP contribution in [0.5, 0.6) is 0 Å². The summed E-state index contributed by atoms with van der Waals surface area (Å²) in [4.78, 5) is 7.18. The third-order valence-corrected chi connectivity index (χ3v) is 5.70. The molecule has 1 aliphatic heterocycles. The average molecular weight is 380 g/mol. The Hall–Kier alpha value is -2.44. The minimum atomic E-state index is 0.245. The molecular formula is C22H29N5O. The van der Waals surface area contributed by atoms with Gasteiger partial charge in [-0.1, -0.05) is 36.8 Å². The van der Waals surface area contributed by atoms with E-state index in [1.807, 2.05) is 35.4 Å². The number of imidazole rings is 1. The Morgan fingerprint density at radius 1 is 1.11 bits per heavy atom. The van der Waals surface area contributed by atoms with Crippen molar-refractivity contribution in [2.24, 2.45) is 0 Å². The Bertz CT molecular complexity index is 885. The molecule has 6 heteroatoms. The Kier molecular flexibility index (Phi) is 5.88. The molecule has 0 spiro atoms. The molecule has 1 aliphatic rings. The molecule has 1 aromatic carbocycles. The number of nitrogens with zero attached hydrogens (tertiary/aromatic N) is 5. The summed E-state index contributed by atoms with van der Waals surface area (Å²) in [7, 11) is 0. The average Bonchev–Trinajstić information content (AvgIpc) is 3.39. The van der Waals surface area contributed by atoms with E-state index < -0.39 is 0 Å². The van der Waals surface area contributed by atoms with Gasteiger partial charge >= 0.3 is 0 Å². The fraction of sp³-hybridized carbons (Fsp3) is 0.455. The first kappa shape index (κ1) is 18.9. The fourth-order valence-electron chi connectivity index (χ4n) is 4.12. The van der Waals surface area contributed by atoms with E-state index in [9.17, 15) is 5.11 Å². The molecule has 4 rings (SSSR count). The Balaban J connectivity index is 1.64. The van der Waals surface area contributed by atoms with E-state index in [0.717, 1.165) is 55.1 Å². The Morgan fingerprint density at radius 3 is 2.71 bits per heavy atom. The van der Waals surface area contributed by atoms with Gasteiger partial charge < -0.3 is 9.67 Å². The number of aryl methyl sites for hydroxylation is 1. The summed E-state index contributed by atoms with van der Waals surface area (Å²) in [6, 6.07) is 10.6. The smallest absolute Gasteiger partial charge is 0.0964 e. The first-order valence-corrected chi connectivity index (χ1v) is 10.3. The number of aromatic nitrogens is 4. The lowest BCUT2D eigenvalue weighted by Gasteiger charge is -2.34. The van der Waals surface area contributed by atoms with E-state index in [0.29, 0.717) is 0 Å². The summed E-state index contributed by atoms with van der Waals surface area (Å²) in [6.07, 6.45) is 9.49. The maximum atomic E-state index is 9.70. The first-order chi connectivity index (χ1) is 13.8. The lowest BCUT2D eigenvalue weighted by molar-refractivity contribution is 0.0873. The molecule has 0 aliphatic carbocycles. The van der Waals surface area contributed by atoms with E-state index in [-0.39, 0.29) is 12.6 Å². The van der Waals surface area contributed by atoms with Crippen LogP contribution in [0.25, 0.3) is 22.5 Å². The molecule has 0 bridgehead atoms. The van der Waals surface area contributed by atoms with Crippen LogP contribution >= 0.6 is 0 Å². The molecule has 1 saturated heterocycles. The van der Waals surface area contributed by atoms with E-state index in [1.54, 1.807) is 0 Å². The van der Waals surface area contributed by atoms with Gasteiger partial charge in [-0.2, -0.15) is 5.10 Å². The summed E-state index contributed by atoms with van der Waals surface area (Å²) in [5.74, 6) is 0. The number of hydrogen-bond donors (Lipinski definition) is 1. The van der Waals surface area contributed by atoms with Crippen LogP contribution in [-0.2, 0) is 13.1 Å². The molecule has 148 valence electrons. The fourth-order valence-corrected chi connectivity index (χ4v) is 4.12. The zero-order valence-electron chi connectivity index (χ0n) is 16.5. The molecular weight excluding hydrogens is 350 g/mol. The second kappa shape index (κ2) is 8.71. The minimum Gasteiger partial charge on any atom is -0.395 e. The van der Waals surface area contributed by atoms with Crippen molar-refractivity contribution >= 4 is 0 Å². The van der Waals surface area contributed by atoms with Crippen molar-refractivity contribution in [2.75, 3.05) is 19.7 Å². The van der Waals surface area contributed by atoms with E-state index in [2.05, 4.69) is 39.8 Å². The third kappa shape index (κ3) is 3.88. The third-order valence-electron chi connectivity index (χ3n) is 5.70. The topological polar surface area (TPSA) is 59.1 Å². The van der Waals surface area contributed by atoms with Gasteiger partial charge in [0.05, 0.1) is 30.5 Å². The van der Waals surface area contributed by atoms with Gasteiger partial charge in [0.2, 0.25) is 0 Å². The number of aliphatic hydroxyl groups excluding tert-OH is 1. The van der Waals surface area contributed by atoms with Crippen molar-refractivity contribution in [1.29, 1.82) is 0 Å². The first-order valence-electron chi connectivity index (χ1n) is 10.3. The van der Waals surface area contributed by atoms with Crippen LogP contribution < -0.4 is 0 Å². The van der Waals surface area contributed by atoms with Crippen LogP contribution in [0.1, 0.15) is 26.2 Å². The zero-order valence-corrected chi connectivity index (χ0v) is 16.5. The predicted octanol–water partition coefficient (Wildman–Crippen LogP) is 3.28. The molecule has 1 fully saturated rings. The molecule has 0 unspecified atom stereocenters. The Morgan fingerprint density at radius 2 is 1.96 bits per heavy atom. The van der Waals surface area contributed by atoms with Gasteiger partial charge in [0.25, 0.3) is 0 Å². The molecule has 1 N–H and O–H groups in total. The van der Waals surface area contributed by atoms with Crippen LogP contribution in [0.4, 0.5) is 0 Å². The second-order valence-corrected chi connectivity index (χ2v) is 7.45. The van der Waals surface area contributed by atoms with Gasteiger partial charge in [-0.25, -0.2) is 4.98 Å². The van der Waals surface area contributed by atoms with Crippen molar-refractivity contribution in [3.05, 3.63) is 49.1 Å². The summed E-state index contributed by atoms with van der Waals surface area (Å²) >= 11 is 0. The highest BCUT2D eigenvalue weighted by molar-refractivity contribution is 5.78. The van der Waals surface area contributed by atoms with Crippen LogP contribution in [-0.4, -0.2) is 55.1 Å². The molecule has 3 aromatic rings. The van der Waals surface area contributed by atoms with Crippen LogP contribution in [0.3, 0.4) is 0 Å². The SMILES string of the molecule is CCn1cc(-c2c(-c3ccccc3)ncn2CCN2CCCC[C@H]2CO)cn1. The van der Waals surface area contributed by atoms with Crippen LogP contribution in [0.2, 0.25) is 0 Å². The van der Waals surface area contributed by atoms with Crippen molar-refractivity contribution in [3.8, 4) is 22.5 Å². The molecule has 6 nitrogen and oxygen atoms in total. The van der Waals surface area contributed by atoms with Gasteiger partial charge in [-0.15, -0.1) is 0 Å². The number of rotatable bonds is 7. The molecule has 1 atom stereocenters. The van der Waals surface area contributed by atoms with Crippen molar-refractivity contribution < 1.29 is 5.11 Å².